The standard InChI is InChI=1S/C23H19F3N2O2/c24-23(25,26)19-7-9-22(27-13-19)30-20-10-11-28(14-20)21-8-6-17(12-18(21)15-29)16-4-2-1-3-5-16/h1-9,12-13,15,20H,10-11,14H2. The molecule has 1 fully saturated rings. The summed E-state index contributed by atoms with van der Waals surface area (Å²) >= 11 is 0. The first kappa shape index (κ1) is 19.9. The Hall–Kier alpha value is -3.35. The lowest BCUT2D eigenvalue weighted by Gasteiger charge is -2.21. The zero-order valence-electron chi connectivity index (χ0n) is 16.0. The van der Waals surface area contributed by atoms with Crippen molar-refractivity contribution in [2.45, 2.75) is 18.7 Å². The molecule has 2 heterocycles. The van der Waals surface area contributed by atoms with E-state index in [-0.39, 0.29) is 12.0 Å². The number of carbonyl (C=O) groups is 1. The monoisotopic (exact) mass is 412 g/mol. The van der Waals surface area contributed by atoms with Gasteiger partial charge in [-0.15, -0.1) is 0 Å². The lowest BCUT2D eigenvalue weighted by Crippen LogP contribution is -2.25. The first-order chi connectivity index (χ1) is 14.4. The number of hydrogen-bond acceptors (Lipinski definition) is 4. The van der Waals surface area contributed by atoms with Crippen LogP contribution in [0.2, 0.25) is 0 Å². The van der Waals surface area contributed by atoms with Crippen LogP contribution in [0.3, 0.4) is 0 Å². The second-order valence-corrected chi connectivity index (χ2v) is 7.11. The predicted molar refractivity (Wildman–Crippen MR) is 108 cm³/mol. The van der Waals surface area contributed by atoms with E-state index in [9.17, 15) is 18.0 Å². The molecule has 7 heteroatoms. The largest absolute Gasteiger partial charge is 0.472 e. The average molecular weight is 412 g/mol. The molecule has 2 aromatic carbocycles. The molecule has 0 N–H and O–H groups in total. The van der Waals surface area contributed by atoms with Crippen molar-refractivity contribution in [3.63, 3.8) is 0 Å². The highest BCUT2D eigenvalue weighted by Crippen LogP contribution is 2.31. The molecule has 1 atom stereocenters. The molecule has 154 valence electrons. The normalized spacial score (nSPS) is 16.5. The summed E-state index contributed by atoms with van der Waals surface area (Å²) in [5, 5.41) is 0. The van der Waals surface area contributed by atoms with E-state index in [1.165, 1.54) is 6.07 Å². The summed E-state index contributed by atoms with van der Waals surface area (Å²) in [5.74, 6) is 0.157. The number of aldehydes is 1. The smallest absolute Gasteiger partial charge is 0.417 e. The highest BCUT2D eigenvalue weighted by atomic mass is 19.4. The minimum absolute atomic E-state index is 0.157. The Morgan fingerprint density at radius 2 is 1.83 bits per heavy atom. The predicted octanol–water partition coefficient (Wildman–Crippen LogP) is 5.24. The van der Waals surface area contributed by atoms with E-state index < -0.39 is 11.7 Å². The number of pyridine rings is 1. The van der Waals surface area contributed by atoms with E-state index >= 15 is 0 Å². The molecule has 30 heavy (non-hydrogen) atoms. The van der Waals surface area contributed by atoms with Crippen molar-refractivity contribution in [1.29, 1.82) is 0 Å². The van der Waals surface area contributed by atoms with Crippen molar-refractivity contribution in [2.75, 3.05) is 18.0 Å². The van der Waals surface area contributed by atoms with Crippen LogP contribution in [0.1, 0.15) is 22.3 Å². The molecular weight excluding hydrogens is 393 g/mol. The van der Waals surface area contributed by atoms with E-state index in [4.69, 9.17) is 4.74 Å². The van der Waals surface area contributed by atoms with Crippen molar-refractivity contribution in [2.24, 2.45) is 0 Å². The molecule has 1 aromatic heterocycles. The van der Waals surface area contributed by atoms with E-state index in [0.29, 0.717) is 25.1 Å². The number of alkyl halides is 3. The number of nitrogens with zero attached hydrogens (tertiary/aromatic N) is 2. The fraction of sp³-hybridized carbons (Fsp3) is 0.217. The number of aromatic nitrogens is 1. The summed E-state index contributed by atoms with van der Waals surface area (Å²) in [4.78, 5) is 17.5. The molecule has 1 aliphatic rings. The van der Waals surface area contributed by atoms with Crippen molar-refractivity contribution < 1.29 is 22.7 Å². The highest BCUT2D eigenvalue weighted by molar-refractivity contribution is 5.87. The molecule has 0 aliphatic carbocycles. The van der Waals surface area contributed by atoms with Gasteiger partial charge in [-0.25, -0.2) is 4.98 Å². The second kappa shape index (κ2) is 8.18. The number of halogens is 3. The maximum Gasteiger partial charge on any atom is 0.417 e. The fourth-order valence-corrected chi connectivity index (χ4v) is 3.58. The molecule has 1 unspecified atom stereocenters. The number of rotatable bonds is 5. The lowest BCUT2D eigenvalue weighted by molar-refractivity contribution is -0.137. The summed E-state index contributed by atoms with van der Waals surface area (Å²) in [6, 6.07) is 17.8. The summed E-state index contributed by atoms with van der Waals surface area (Å²) in [6.45, 7) is 1.20. The second-order valence-electron chi connectivity index (χ2n) is 7.11. The molecule has 1 saturated heterocycles. The Morgan fingerprint density at radius 3 is 2.50 bits per heavy atom. The van der Waals surface area contributed by atoms with Gasteiger partial charge in [0.25, 0.3) is 0 Å². The van der Waals surface area contributed by atoms with E-state index in [0.717, 1.165) is 35.4 Å². The Balaban J connectivity index is 1.46. The molecule has 0 radical (unpaired) electrons. The maximum atomic E-state index is 12.7. The van der Waals surface area contributed by atoms with Crippen LogP contribution >= 0.6 is 0 Å². The first-order valence-corrected chi connectivity index (χ1v) is 9.53. The summed E-state index contributed by atoms with van der Waals surface area (Å²) in [5.41, 5.74) is 2.59. The van der Waals surface area contributed by atoms with E-state index in [1.54, 1.807) is 0 Å². The molecular formula is C23H19F3N2O2. The quantitative estimate of drug-likeness (QED) is 0.538. The molecule has 4 nitrogen and oxygen atoms in total. The van der Waals surface area contributed by atoms with Gasteiger partial charge in [0, 0.05) is 36.5 Å². The summed E-state index contributed by atoms with van der Waals surface area (Å²) in [7, 11) is 0. The third-order valence-electron chi connectivity index (χ3n) is 5.10. The van der Waals surface area contributed by atoms with Crippen LogP contribution < -0.4 is 9.64 Å². The number of anilines is 1. The topological polar surface area (TPSA) is 42.4 Å². The number of benzene rings is 2. The van der Waals surface area contributed by atoms with Gasteiger partial charge >= 0.3 is 6.18 Å². The molecule has 0 saturated carbocycles. The Labute approximate surface area is 171 Å². The van der Waals surface area contributed by atoms with Crippen molar-refractivity contribution >= 4 is 12.0 Å². The average Bonchev–Trinajstić information content (AvgIpc) is 3.22. The number of carbonyl (C=O) groups excluding carboxylic acids is 1. The van der Waals surface area contributed by atoms with Crippen LogP contribution in [-0.4, -0.2) is 30.5 Å². The Bertz CT molecular complexity index is 1020. The van der Waals surface area contributed by atoms with E-state index in [1.807, 2.05) is 53.4 Å². The Kier molecular flexibility index (Phi) is 5.44. The van der Waals surface area contributed by atoms with E-state index in [2.05, 4.69) is 4.98 Å². The zero-order chi connectivity index (χ0) is 21.1. The molecule has 1 aliphatic heterocycles. The zero-order valence-corrected chi connectivity index (χ0v) is 16.0. The van der Waals surface area contributed by atoms with Gasteiger partial charge in [0.1, 0.15) is 6.10 Å². The fourth-order valence-electron chi connectivity index (χ4n) is 3.58. The van der Waals surface area contributed by atoms with Gasteiger partial charge in [0.05, 0.1) is 12.1 Å². The Morgan fingerprint density at radius 1 is 1.03 bits per heavy atom. The van der Waals surface area contributed by atoms with Crippen LogP contribution in [-0.2, 0) is 6.18 Å². The van der Waals surface area contributed by atoms with Gasteiger partial charge in [-0.2, -0.15) is 13.2 Å². The number of ether oxygens (including phenoxy) is 1. The maximum absolute atomic E-state index is 12.7. The van der Waals surface area contributed by atoms with Crippen LogP contribution in [0.25, 0.3) is 11.1 Å². The highest BCUT2D eigenvalue weighted by Gasteiger charge is 2.31. The third-order valence-corrected chi connectivity index (χ3v) is 5.10. The van der Waals surface area contributed by atoms with Gasteiger partial charge in [-0.05, 0) is 29.3 Å². The van der Waals surface area contributed by atoms with Gasteiger partial charge in [0.15, 0.2) is 6.29 Å². The first-order valence-electron chi connectivity index (χ1n) is 9.53. The van der Waals surface area contributed by atoms with Crippen LogP contribution in [0.15, 0.2) is 66.9 Å². The van der Waals surface area contributed by atoms with Crippen LogP contribution in [0.5, 0.6) is 5.88 Å². The van der Waals surface area contributed by atoms with Crippen molar-refractivity contribution in [1.82, 2.24) is 4.98 Å². The molecule has 4 rings (SSSR count). The number of hydrogen-bond donors (Lipinski definition) is 0. The molecule has 3 aromatic rings. The SMILES string of the molecule is O=Cc1cc(-c2ccccc2)ccc1N1CCC(Oc2ccc(C(F)(F)F)cn2)C1. The van der Waals surface area contributed by atoms with Crippen molar-refractivity contribution in [3.05, 3.63) is 78.0 Å². The van der Waals surface area contributed by atoms with Crippen LogP contribution in [0.4, 0.5) is 18.9 Å². The third kappa shape index (κ3) is 4.30. The van der Waals surface area contributed by atoms with Crippen molar-refractivity contribution in [3.8, 4) is 17.0 Å². The molecule has 0 amide bonds. The van der Waals surface area contributed by atoms with Gasteiger partial charge in [-0.1, -0.05) is 36.4 Å². The van der Waals surface area contributed by atoms with Gasteiger partial charge in [0.2, 0.25) is 5.88 Å². The molecule has 0 bridgehead atoms. The summed E-state index contributed by atoms with van der Waals surface area (Å²) in [6.07, 6.45) is -2.35. The summed E-state index contributed by atoms with van der Waals surface area (Å²) < 4.78 is 43.7. The minimum Gasteiger partial charge on any atom is -0.472 e. The van der Waals surface area contributed by atoms with Gasteiger partial charge in [-0.3, -0.25) is 4.79 Å². The lowest BCUT2D eigenvalue weighted by atomic mass is 10.0. The van der Waals surface area contributed by atoms with Gasteiger partial charge < -0.3 is 9.64 Å². The minimum atomic E-state index is -4.42. The molecule has 0 spiro atoms. The van der Waals surface area contributed by atoms with Crippen LogP contribution in [0, 0.1) is 0 Å².